The Kier molecular flexibility index (Phi) is 4.08. The van der Waals surface area contributed by atoms with E-state index in [1.165, 1.54) is 25.7 Å². The summed E-state index contributed by atoms with van der Waals surface area (Å²) in [6.45, 7) is 9.19. The molecule has 0 heterocycles. The molecule has 2 heteroatoms. The average molecular weight is 263 g/mol. The summed E-state index contributed by atoms with van der Waals surface area (Å²) in [6.07, 6.45) is 7.93. The van der Waals surface area contributed by atoms with Gasteiger partial charge in [-0.3, -0.25) is 0 Å². The maximum atomic E-state index is 4.80. The molecule has 2 aliphatic carbocycles. The molecule has 0 bridgehead atoms. The van der Waals surface area contributed by atoms with Crippen molar-refractivity contribution in [1.29, 1.82) is 0 Å². The van der Waals surface area contributed by atoms with Crippen LogP contribution in [0.4, 0.5) is 0 Å². The highest BCUT2D eigenvalue weighted by atomic mass is 32.1. The quantitative estimate of drug-likeness (QED) is 0.393. The van der Waals surface area contributed by atoms with Gasteiger partial charge in [-0.05, 0) is 63.1 Å². The normalized spacial score (nSPS) is 36.3. The van der Waals surface area contributed by atoms with E-state index in [4.69, 9.17) is 12.2 Å². The highest BCUT2D eigenvalue weighted by Gasteiger charge is 2.38. The van der Waals surface area contributed by atoms with Crippen LogP contribution in [-0.4, -0.2) is 10.7 Å². The Morgan fingerprint density at radius 2 is 2.06 bits per heavy atom. The Hall–Kier alpha value is -0.460. The molecule has 2 aliphatic rings. The van der Waals surface area contributed by atoms with Crippen molar-refractivity contribution < 1.29 is 0 Å². The van der Waals surface area contributed by atoms with Crippen molar-refractivity contribution in [3.8, 4) is 0 Å². The molecule has 1 nitrogen and oxygen atoms in total. The molecule has 100 valence electrons. The van der Waals surface area contributed by atoms with Gasteiger partial charge in [0, 0.05) is 5.92 Å². The predicted octanol–water partition coefficient (Wildman–Crippen LogP) is 4.89. The fourth-order valence-corrected chi connectivity index (χ4v) is 4.04. The van der Waals surface area contributed by atoms with E-state index in [2.05, 4.69) is 43.9 Å². The molecular weight excluding hydrogens is 238 g/mol. The summed E-state index contributed by atoms with van der Waals surface area (Å²) >= 11 is 4.80. The van der Waals surface area contributed by atoms with Gasteiger partial charge in [0.2, 0.25) is 0 Å². The van der Waals surface area contributed by atoms with Crippen LogP contribution in [0.5, 0.6) is 0 Å². The van der Waals surface area contributed by atoms with Crippen LogP contribution in [-0.2, 0) is 0 Å². The largest absolute Gasteiger partial charge is 0.226 e. The molecule has 0 radical (unpaired) electrons. The van der Waals surface area contributed by atoms with E-state index in [-0.39, 0.29) is 5.54 Å². The first-order valence-corrected chi connectivity index (χ1v) is 7.67. The molecule has 4 atom stereocenters. The van der Waals surface area contributed by atoms with E-state index in [1.807, 2.05) is 0 Å². The summed E-state index contributed by atoms with van der Waals surface area (Å²) in [5.74, 6) is 2.91. The third-order valence-corrected chi connectivity index (χ3v) is 5.19. The van der Waals surface area contributed by atoms with E-state index < -0.39 is 0 Å². The summed E-state index contributed by atoms with van der Waals surface area (Å²) in [7, 11) is 0. The second kappa shape index (κ2) is 5.27. The fraction of sp³-hybridized carbons (Fsp3) is 0.812. The van der Waals surface area contributed by atoms with Gasteiger partial charge in [0.05, 0.1) is 10.7 Å². The van der Waals surface area contributed by atoms with E-state index in [0.29, 0.717) is 5.92 Å². The van der Waals surface area contributed by atoms with Crippen molar-refractivity contribution in [1.82, 2.24) is 0 Å². The number of hydrogen-bond acceptors (Lipinski definition) is 2. The first kappa shape index (κ1) is 14.0. The van der Waals surface area contributed by atoms with Crippen molar-refractivity contribution in [3.63, 3.8) is 0 Å². The van der Waals surface area contributed by atoms with Crippen molar-refractivity contribution >= 4 is 17.4 Å². The van der Waals surface area contributed by atoms with Gasteiger partial charge in [0.15, 0.2) is 0 Å². The summed E-state index contributed by atoms with van der Waals surface area (Å²) in [6, 6.07) is 0. The van der Waals surface area contributed by atoms with Crippen molar-refractivity contribution in [3.05, 3.63) is 11.6 Å². The van der Waals surface area contributed by atoms with E-state index in [1.54, 1.807) is 5.57 Å². The summed E-state index contributed by atoms with van der Waals surface area (Å²) in [5.41, 5.74) is 1.61. The number of aliphatic imine (C=N–C) groups is 1. The van der Waals surface area contributed by atoms with Crippen LogP contribution in [0.3, 0.4) is 0 Å². The zero-order chi connectivity index (χ0) is 13.3. The van der Waals surface area contributed by atoms with Gasteiger partial charge in [-0.25, -0.2) is 4.99 Å². The molecule has 0 spiro atoms. The van der Waals surface area contributed by atoms with Crippen LogP contribution >= 0.6 is 12.2 Å². The Bertz CT molecular complexity index is 390. The molecule has 18 heavy (non-hydrogen) atoms. The number of thiocarbonyl (C=S) groups is 1. The van der Waals surface area contributed by atoms with Gasteiger partial charge in [-0.1, -0.05) is 31.9 Å². The highest BCUT2D eigenvalue weighted by molar-refractivity contribution is 7.78. The molecule has 0 N–H and O–H groups in total. The second-order valence-electron chi connectivity index (χ2n) is 6.78. The van der Waals surface area contributed by atoms with Crippen LogP contribution in [0, 0.1) is 23.7 Å². The summed E-state index contributed by atoms with van der Waals surface area (Å²) < 4.78 is 0. The van der Waals surface area contributed by atoms with Gasteiger partial charge < -0.3 is 0 Å². The van der Waals surface area contributed by atoms with E-state index in [0.717, 1.165) is 17.8 Å². The first-order chi connectivity index (χ1) is 8.45. The molecule has 1 fully saturated rings. The molecular formula is C16H25NS. The number of nitrogens with zero attached hydrogens (tertiary/aromatic N) is 1. The maximum absolute atomic E-state index is 4.80. The lowest BCUT2D eigenvalue weighted by Gasteiger charge is -2.43. The maximum Gasteiger partial charge on any atom is 0.0717 e. The fourth-order valence-electron chi connectivity index (χ4n) is 3.80. The number of hydrogen-bond donors (Lipinski definition) is 0. The van der Waals surface area contributed by atoms with Crippen LogP contribution in [0.1, 0.15) is 53.4 Å². The minimum absolute atomic E-state index is 0.0921. The minimum Gasteiger partial charge on any atom is -0.226 e. The molecule has 0 aliphatic heterocycles. The minimum atomic E-state index is -0.0921. The lowest BCUT2D eigenvalue weighted by atomic mass is 9.63. The lowest BCUT2D eigenvalue weighted by molar-refractivity contribution is 0.209. The van der Waals surface area contributed by atoms with Gasteiger partial charge >= 0.3 is 0 Å². The molecule has 0 aromatic rings. The molecule has 1 saturated carbocycles. The molecule has 0 aromatic heterocycles. The van der Waals surface area contributed by atoms with Gasteiger partial charge in [0.25, 0.3) is 0 Å². The van der Waals surface area contributed by atoms with Crippen molar-refractivity contribution in [2.45, 2.75) is 58.9 Å². The Morgan fingerprint density at radius 3 is 2.72 bits per heavy atom. The molecule has 4 unspecified atom stereocenters. The number of isothiocyanates is 1. The van der Waals surface area contributed by atoms with Crippen LogP contribution in [0.15, 0.2) is 16.6 Å². The lowest BCUT2D eigenvalue weighted by Crippen LogP contribution is -2.37. The number of allylic oxidation sites excluding steroid dienone is 1. The number of fused-ring (bicyclic) bond motifs is 1. The Balaban J connectivity index is 2.30. The van der Waals surface area contributed by atoms with E-state index in [9.17, 15) is 0 Å². The molecule has 2 rings (SSSR count). The third-order valence-electron chi connectivity index (χ3n) is 5.10. The predicted molar refractivity (Wildman–Crippen MR) is 81.0 cm³/mol. The zero-order valence-corrected chi connectivity index (χ0v) is 12.9. The van der Waals surface area contributed by atoms with Crippen LogP contribution < -0.4 is 0 Å². The first-order valence-electron chi connectivity index (χ1n) is 7.26. The number of rotatable bonds is 2. The van der Waals surface area contributed by atoms with Crippen molar-refractivity contribution in [2.24, 2.45) is 28.7 Å². The van der Waals surface area contributed by atoms with Crippen LogP contribution in [0.25, 0.3) is 0 Å². The highest BCUT2D eigenvalue weighted by Crippen LogP contribution is 2.47. The molecule has 0 saturated heterocycles. The Morgan fingerprint density at radius 1 is 1.33 bits per heavy atom. The third kappa shape index (κ3) is 2.60. The summed E-state index contributed by atoms with van der Waals surface area (Å²) in [5, 5.41) is 2.58. The Labute approximate surface area is 117 Å². The van der Waals surface area contributed by atoms with Gasteiger partial charge in [-0.15, -0.1) is 0 Å². The SMILES string of the molecule is CC1CCCC2C1=CC(C(C)(C)N=C=S)CC2C. The van der Waals surface area contributed by atoms with E-state index >= 15 is 0 Å². The van der Waals surface area contributed by atoms with Gasteiger partial charge in [-0.2, -0.15) is 0 Å². The molecule has 0 aromatic carbocycles. The molecule has 0 amide bonds. The van der Waals surface area contributed by atoms with Gasteiger partial charge in [0.1, 0.15) is 0 Å². The van der Waals surface area contributed by atoms with Crippen LogP contribution in [0.2, 0.25) is 0 Å². The monoisotopic (exact) mass is 263 g/mol. The van der Waals surface area contributed by atoms with Crippen molar-refractivity contribution in [2.75, 3.05) is 0 Å². The topological polar surface area (TPSA) is 12.4 Å². The zero-order valence-electron chi connectivity index (χ0n) is 12.1. The smallest absolute Gasteiger partial charge is 0.0717 e. The second-order valence-corrected chi connectivity index (χ2v) is 6.96. The average Bonchev–Trinajstić information content (AvgIpc) is 2.30. The summed E-state index contributed by atoms with van der Waals surface area (Å²) in [4.78, 5) is 4.40. The standard InChI is InChI=1S/C16H25NS/c1-11-6-5-7-14-12(2)8-13(9-15(11)14)16(3,4)17-10-18/h9,11-14H,5-8H2,1-4H3.